The fourth-order valence-corrected chi connectivity index (χ4v) is 6.34. The van der Waals surface area contributed by atoms with Crippen molar-refractivity contribution in [3.8, 4) is 0 Å². The Morgan fingerprint density at radius 3 is 2.33 bits per heavy atom. The van der Waals surface area contributed by atoms with Crippen LogP contribution in [-0.2, 0) is 24.3 Å². The van der Waals surface area contributed by atoms with E-state index in [0.29, 0.717) is 15.8 Å². The van der Waals surface area contributed by atoms with Crippen LogP contribution in [0.3, 0.4) is 0 Å². The van der Waals surface area contributed by atoms with Gasteiger partial charge in [-0.15, -0.1) is 11.8 Å². The quantitative estimate of drug-likeness (QED) is 0.400. The molecule has 4 aliphatic rings. The van der Waals surface area contributed by atoms with Gasteiger partial charge in [-0.25, -0.2) is 8.42 Å². The van der Waals surface area contributed by atoms with Crippen LogP contribution in [0, 0.1) is 23.7 Å². The average Bonchev–Trinajstić information content (AvgIpc) is 3.33. The van der Waals surface area contributed by atoms with Crippen LogP contribution < -0.4 is 0 Å². The number of hydrogen-bond acceptors (Lipinski definition) is 7. The third-order valence-corrected chi connectivity index (χ3v) is 8.02. The van der Waals surface area contributed by atoms with Crippen LogP contribution in [0.4, 0.5) is 0 Å². The summed E-state index contributed by atoms with van der Waals surface area (Å²) >= 11 is 1.42. The van der Waals surface area contributed by atoms with Crippen LogP contribution in [0.15, 0.2) is 34.8 Å². The Kier molecular flexibility index (Phi) is 4.82. The van der Waals surface area contributed by atoms with Crippen molar-refractivity contribution in [2.45, 2.75) is 25.6 Å². The van der Waals surface area contributed by atoms with Crippen molar-refractivity contribution in [3.63, 3.8) is 0 Å². The largest absolute Gasteiger partial charge is 0.364 e. The molecule has 0 aromatic carbocycles. The number of carbonyl (C=O) groups excluding carboxylic acids is 2. The predicted octanol–water partition coefficient (Wildman–Crippen LogP) is 1.38. The molecule has 1 N–H and O–H groups in total. The summed E-state index contributed by atoms with van der Waals surface area (Å²) in [6, 6.07) is 0. The van der Waals surface area contributed by atoms with E-state index in [1.807, 2.05) is 18.4 Å². The fourth-order valence-electron chi connectivity index (χ4n) is 4.52. The van der Waals surface area contributed by atoms with Gasteiger partial charge in [-0.3, -0.25) is 9.59 Å². The maximum atomic E-state index is 13.0. The second-order valence-electron chi connectivity index (χ2n) is 7.25. The van der Waals surface area contributed by atoms with E-state index < -0.39 is 40.0 Å². The van der Waals surface area contributed by atoms with Crippen molar-refractivity contribution >= 4 is 33.6 Å². The number of sulfonamides is 1. The average molecular weight is 412 g/mol. The summed E-state index contributed by atoms with van der Waals surface area (Å²) in [6.07, 6.45) is 8.63. The summed E-state index contributed by atoms with van der Waals surface area (Å²) in [6.45, 7) is 0. The van der Waals surface area contributed by atoms with E-state index in [4.69, 9.17) is 4.74 Å². The molecule has 3 aliphatic carbocycles. The Balaban J connectivity index is 1.56. The van der Waals surface area contributed by atoms with Crippen LogP contribution in [0.25, 0.3) is 0 Å². The van der Waals surface area contributed by atoms with Gasteiger partial charge in [0.05, 0.1) is 22.7 Å². The molecule has 27 heavy (non-hydrogen) atoms. The molecule has 146 valence electrons. The lowest BCUT2D eigenvalue weighted by molar-refractivity contribution is -0.134. The number of nitrogens with zero attached hydrogens (tertiary/aromatic N) is 1. The topological polar surface area (TPSA) is 101 Å². The smallest absolute Gasteiger partial charge is 0.269 e. The van der Waals surface area contributed by atoms with Crippen LogP contribution >= 0.6 is 11.8 Å². The normalized spacial score (nSPS) is 33.3. The number of ether oxygens (including phenoxy) is 1. The molecule has 1 saturated heterocycles. The highest BCUT2D eigenvalue weighted by Gasteiger charge is 2.62. The summed E-state index contributed by atoms with van der Waals surface area (Å²) in [5.74, 6) is -2.02. The molecule has 5 atom stereocenters. The second kappa shape index (κ2) is 6.88. The number of thioether (sulfide) groups is 1. The number of fused-ring (bicyclic) bond motifs is 5. The number of aliphatic hydroxyl groups is 1. The molecular weight excluding hydrogens is 390 g/mol. The van der Waals surface area contributed by atoms with E-state index in [0.717, 1.165) is 6.42 Å². The van der Waals surface area contributed by atoms with Gasteiger partial charge < -0.3 is 9.84 Å². The molecule has 0 radical (unpaired) electrons. The van der Waals surface area contributed by atoms with E-state index >= 15 is 0 Å². The number of carbonyl (C=O) groups is 2. The van der Waals surface area contributed by atoms with Crippen molar-refractivity contribution in [2.24, 2.45) is 23.7 Å². The summed E-state index contributed by atoms with van der Waals surface area (Å²) < 4.78 is 31.7. The van der Waals surface area contributed by atoms with E-state index in [2.05, 4.69) is 0 Å². The van der Waals surface area contributed by atoms with E-state index in [1.165, 1.54) is 23.9 Å². The Morgan fingerprint density at radius 1 is 1.19 bits per heavy atom. The first-order valence-electron chi connectivity index (χ1n) is 8.86. The van der Waals surface area contributed by atoms with Crippen molar-refractivity contribution < 1.29 is 27.9 Å². The molecule has 1 saturated carbocycles. The van der Waals surface area contributed by atoms with Gasteiger partial charge in [0.2, 0.25) is 11.8 Å². The SMILES string of the molecule is CSCOC(O)C1=CC=C(S(=O)(=O)N2C(=O)C3C4C=CC(C4)C3C2=O)CC1. The Labute approximate surface area is 162 Å². The van der Waals surface area contributed by atoms with Crippen molar-refractivity contribution in [1.29, 1.82) is 0 Å². The molecule has 2 fully saturated rings. The number of rotatable bonds is 6. The zero-order valence-corrected chi connectivity index (χ0v) is 16.4. The molecule has 2 bridgehead atoms. The van der Waals surface area contributed by atoms with Gasteiger partial charge in [0, 0.05) is 0 Å². The minimum atomic E-state index is -4.19. The summed E-state index contributed by atoms with van der Waals surface area (Å²) in [5.41, 5.74) is 0.571. The molecule has 9 heteroatoms. The third-order valence-electron chi connectivity index (χ3n) is 5.81. The monoisotopic (exact) mass is 411 g/mol. The first-order chi connectivity index (χ1) is 12.9. The zero-order valence-electron chi connectivity index (χ0n) is 14.8. The van der Waals surface area contributed by atoms with Gasteiger partial charge >= 0.3 is 0 Å². The molecule has 7 nitrogen and oxygen atoms in total. The van der Waals surface area contributed by atoms with E-state index in [9.17, 15) is 23.1 Å². The van der Waals surface area contributed by atoms with Gasteiger partial charge in [-0.05, 0) is 49.0 Å². The molecule has 1 aliphatic heterocycles. The molecular formula is C18H21NO6S2. The standard InChI is InChI=1S/C18H21NO6S2/c1-26-9-25-18(22)10-4-6-13(7-5-10)27(23,24)19-16(20)14-11-2-3-12(8-11)15(14)17(19)21/h2-4,6,11-12,14-15,18,22H,5,7-9H2,1H3. The van der Waals surface area contributed by atoms with Gasteiger partial charge in [0.25, 0.3) is 10.0 Å². The maximum Gasteiger partial charge on any atom is 0.269 e. The van der Waals surface area contributed by atoms with Crippen LogP contribution in [0.1, 0.15) is 19.3 Å². The number of hydrogen-bond donors (Lipinski definition) is 1. The van der Waals surface area contributed by atoms with E-state index in [-0.39, 0.29) is 29.6 Å². The fraction of sp³-hybridized carbons (Fsp3) is 0.556. The minimum absolute atomic E-state index is 0.0188. The zero-order chi connectivity index (χ0) is 19.3. The van der Waals surface area contributed by atoms with Crippen molar-refractivity contribution in [2.75, 3.05) is 12.2 Å². The van der Waals surface area contributed by atoms with E-state index in [1.54, 1.807) is 0 Å². The van der Waals surface area contributed by atoms with Gasteiger partial charge in [-0.2, -0.15) is 4.31 Å². The molecule has 1 heterocycles. The highest BCUT2D eigenvalue weighted by molar-refractivity contribution is 7.98. The maximum absolute atomic E-state index is 13.0. The number of imide groups is 1. The molecule has 0 aromatic rings. The first-order valence-corrected chi connectivity index (χ1v) is 11.7. The first kappa shape index (κ1) is 18.9. The third kappa shape index (κ3) is 2.91. The predicted molar refractivity (Wildman–Crippen MR) is 99.4 cm³/mol. The Morgan fingerprint density at radius 2 is 1.81 bits per heavy atom. The second-order valence-corrected chi connectivity index (χ2v) is 9.90. The van der Waals surface area contributed by atoms with Crippen molar-refractivity contribution in [3.05, 3.63) is 34.8 Å². The Hall–Kier alpha value is -1.42. The summed E-state index contributed by atoms with van der Waals surface area (Å²) in [5, 5.41) is 9.96. The summed E-state index contributed by atoms with van der Waals surface area (Å²) in [4.78, 5) is 25.5. The van der Waals surface area contributed by atoms with Crippen LogP contribution in [-0.4, -0.2) is 48.1 Å². The lowest BCUT2D eigenvalue weighted by Crippen LogP contribution is -2.39. The Bertz CT molecular complexity index is 844. The van der Waals surface area contributed by atoms with Crippen molar-refractivity contribution in [1.82, 2.24) is 4.31 Å². The molecule has 0 aromatic heterocycles. The van der Waals surface area contributed by atoms with Gasteiger partial charge in [0.1, 0.15) is 0 Å². The van der Waals surface area contributed by atoms with Crippen LogP contribution in [0.5, 0.6) is 0 Å². The number of amides is 2. The lowest BCUT2D eigenvalue weighted by atomic mass is 9.85. The van der Waals surface area contributed by atoms with Gasteiger partial charge in [0.15, 0.2) is 6.29 Å². The molecule has 4 rings (SSSR count). The van der Waals surface area contributed by atoms with Gasteiger partial charge in [-0.1, -0.05) is 18.2 Å². The molecule has 0 spiro atoms. The highest BCUT2D eigenvalue weighted by atomic mass is 32.2. The summed E-state index contributed by atoms with van der Waals surface area (Å²) in [7, 11) is -4.19. The molecule has 2 amide bonds. The highest BCUT2D eigenvalue weighted by Crippen LogP contribution is 2.53. The number of allylic oxidation sites excluding steroid dienone is 5. The number of aliphatic hydroxyl groups excluding tert-OH is 1. The van der Waals surface area contributed by atoms with Crippen LogP contribution in [0.2, 0.25) is 0 Å². The minimum Gasteiger partial charge on any atom is -0.364 e. The lowest BCUT2D eigenvalue weighted by Gasteiger charge is -2.22. The molecule has 5 unspecified atom stereocenters.